The number of rotatable bonds is 9. The molecule has 2 N–H and O–H groups in total. The average molecular weight is 390 g/mol. The molecule has 0 fully saturated rings. The molecule has 0 aliphatic rings. The van der Waals surface area contributed by atoms with E-state index in [4.69, 9.17) is 14.6 Å². The van der Waals surface area contributed by atoms with Crippen molar-refractivity contribution in [2.75, 3.05) is 5.32 Å². The minimum atomic E-state index is -0.352. The second-order valence-corrected chi connectivity index (χ2v) is 6.47. The molecule has 1 atom stereocenters. The summed E-state index contributed by atoms with van der Waals surface area (Å²) in [7, 11) is 0. The second-order valence-electron chi connectivity index (χ2n) is 6.47. The van der Waals surface area contributed by atoms with Crippen LogP contribution in [0.1, 0.15) is 53.1 Å². The van der Waals surface area contributed by atoms with Gasteiger partial charge in [0.1, 0.15) is 0 Å². The highest BCUT2D eigenvalue weighted by molar-refractivity contribution is 5.99. The van der Waals surface area contributed by atoms with Crippen LogP contribution in [0.5, 0.6) is 0 Å². The average Bonchev–Trinajstić information content (AvgIpc) is 3.29. The molecule has 0 aliphatic carbocycles. The van der Waals surface area contributed by atoms with Gasteiger partial charge in [-0.25, -0.2) is 5.48 Å². The fourth-order valence-corrected chi connectivity index (χ4v) is 2.89. The van der Waals surface area contributed by atoms with Crippen LogP contribution in [0.2, 0.25) is 0 Å². The topological polar surface area (TPSA) is 100 Å². The van der Waals surface area contributed by atoms with Crippen LogP contribution in [0.25, 0.3) is 0 Å². The molecule has 1 heterocycles. The molecule has 1 unspecified atom stereocenters. The Hall–Kier alpha value is -3.63. The summed E-state index contributed by atoms with van der Waals surface area (Å²) in [5, 5.41) is 16.0. The zero-order valence-corrected chi connectivity index (χ0v) is 16.1. The number of para-hydroxylation sites is 1. The van der Waals surface area contributed by atoms with Crippen molar-refractivity contribution in [1.29, 1.82) is 5.26 Å². The summed E-state index contributed by atoms with van der Waals surface area (Å²) < 4.78 is 5.29. The molecular weight excluding hydrogens is 368 g/mol. The molecule has 7 nitrogen and oxygen atoms in total. The lowest BCUT2D eigenvalue weighted by atomic mass is 10.1. The quantitative estimate of drug-likeness (QED) is 0.527. The molecule has 0 radical (unpaired) electrons. The maximum atomic E-state index is 12.6. The molecule has 7 heteroatoms. The van der Waals surface area contributed by atoms with Crippen molar-refractivity contribution in [3.05, 3.63) is 83.2 Å². The number of nitrogens with zero attached hydrogens (tertiary/aromatic N) is 2. The van der Waals surface area contributed by atoms with Gasteiger partial charge >= 0.3 is 0 Å². The monoisotopic (exact) mass is 390 g/mol. The lowest BCUT2D eigenvalue weighted by Crippen LogP contribution is -2.25. The van der Waals surface area contributed by atoms with Gasteiger partial charge in [0.05, 0.1) is 36.0 Å². The molecular formula is C22H22N4O3. The normalized spacial score (nSPS) is 11.4. The Balaban J connectivity index is 1.64. The number of carbonyl (C=O) groups excluding carboxylic acids is 1. The summed E-state index contributed by atoms with van der Waals surface area (Å²) in [6, 6.07) is 18.0. The van der Waals surface area contributed by atoms with E-state index >= 15 is 0 Å². The predicted octanol–water partition coefficient (Wildman–Crippen LogP) is 4.36. The third kappa shape index (κ3) is 5.43. The Morgan fingerprint density at radius 3 is 2.69 bits per heavy atom. The number of hydrogen-bond acceptors (Lipinski definition) is 6. The van der Waals surface area contributed by atoms with Gasteiger partial charge in [0.2, 0.25) is 0 Å². The molecule has 1 amide bonds. The van der Waals surface area contributed by atoms with Crippen molar-refractivity contribution in [3.63, 3.8) is 0 Å². The van der Waals surface area contributed by atoms with Crippen LogP contribution in [-0.2, 0) is 11.4 Å². The third-order valence-electron chi connectivity index (χ3n) is 4.37. The number of benzene rings is 2. The van der Waals surface area contributed by atoms with Crippen LogP contribution in [0, 0.1) is 11.3 Å². The van der Waals surface area contributed by atoms with Gasteiger partial charge in [0.25, 0.3) is 5.91 Å². The van der Waals surface area contributed by atoms with E-state index in [2.05, 4.69) is 28.9 Å². The van der Waals surface area contributed by atoms with Gasteiger partial charge < -0.3 is 9.84 Å². The predicted molar refractivity (Wildman–Crippen MR) is 108 cm³/mol. The van der Waals surface area contributed by atoms with Crippen molar-refractivity contribution >= 4 is 11.6 Å². The smallest absolute Gasteiger partial charge is 0.276 e. The Morgan fingerprint density at radius 2 is 2.00 bits per heavy atom. The van der Waals surface area contributed by atoms with Gasteiger partial charge in [-0.05, 0) is 36.2 Å². The molecule has 29 heavy (non-hydrogen) atoms. The second kappa shape index (κ2) is 10.1. The SMILES string of the molecule is CCCC(Nc1ccccc1C(=O)NOCc1ccc(C#N)cc1)c1ccno1. The van der Waals surface area contributed by atoms with E-state index in [0.717, 1.165) is 24.2 Å². The Labute approximate surface area is 169 Å². The first-order chi connectivity index (χ1) is 14.2. The maximum Gasteiger partial charge on any atom is 0.276 e. The first kappa shape index (κ1) is 20.1. The summed E-state index contributed by atoms with van der Waals surface area (Å²) in [6.07, 6.45) is 3.38. The standard InChI is InChI=1S/C22H22N4O3/c1-2-5-20(21-12-13-24-29-21)25-19-7-4-3-6-18(19)22(27)26-28-15-17-10-8-16(14-23)9-11-17/h3-4,6-13,20,25H,2,5,15H2,1H3,(H,26,27). The van der Waals surface area contributed by atoms with Crippen molar-refractivity contribution in [3.8, 4) is 6.07 Å². The van der Waals surface area contributed by atoms with Crippen molar-refractivity contribution in [2.45, 2.75) is 32.4 Å². The lowest BCUT2D eigenvalue weighted by Gasteiger charge is -2.19. The molecule has 0 bridgehead atoms. The Bertz CT molecular complexity index is 962. The van der Waals surface area contributed by atoms with Crippen LogP contribution < -0.4 is 10.8 Å². The number of nitrogens with one attached hydrogen (secondary N) is 2. The van der Waals surface area contributed by atoms with Crippen molar-refractivity contribution in [2.24, 2.45) is 0 Å². The van der Waals surface area contributed by atoms with E-state index in [1.54, 1.807) is 42.6 Å². The van der Waals surface area contributed by atoms with E-state index < -0.39 is 0 Å². The highest BCUT2D eigenvalue weighted by Crippen LogP contribution is 2.26. The molecule has 0 spiro atoms. The van der Waals surface area contributed by atoms with E-state index in [9.17, 15) is 4.79 Å². The summed E-state index contributed by atoms with van der Waals surface area (Å²) >= 11 is 0. The fourth-order valence-electron chi connectivity index (χ4n) is 2.89. The van der Waals surface area contributed by atoms with Crippen LogP contribution in [0.3, 0.4) is 0 Å². The summed E-state index contributed by atoms with van der Waals surface area (Å²) in [5.74, 6) is 0.369. The minimum Gasteiger partial charge on any atom is -0.374 e. The van der Waals surface area contributed by atoms with Crippen LogP contribution >= 0.6 is 0 Å². The molecule has 2 aromatic carbocycles. The molecule has 0 saturated carbocycles. The Kier molecular flexibility index (Phi) is 6.98. The van der Waals surface area contributed by atoms with Crippen molar-refractivity contribution in [1.82, 2.24) is 10.6 Å². The molecule has 0 aliphatic heterocycles. The molecule has 3 aromatic rings. The van der Waals surface area contributed by atoms with Gasteiger partial charge in [-0.1, -0.05) is 42.8 Å². The summed E-state index contributed by atoms with van der Waals surface area (Å²) in [5.41, 5.74) is 5.05. The number of hydrogen-bond donors (Lipinski definition) is 2. The molecule has 1 aromatic heterocycles. The highest BCUT2D eigenvalue weighted by atomic mass is 16.6. The third-order valence-corrected chi connectivity index (χ3v) is 4.37. The summed E-state index contributed by atoms with van der Waals surface area (Å²) in [6.45, 7) is 2.28. The number of nitriles is 1. The van der Waals surface area contributed by atoms with Gasteiger partial charge in [0, 0.05) is 11.8 Å². The zero-order chi connectivity index (χ0) is 20.5. The fraction of sp³-hybridized carbons (Fsp3) is 0.227. The molecule has 148 valence electrons. The van der Waals surface area contributed by atoms with Crippen molar-refractivity contribution < 1.29 is 14.2 Å². The maximum absolute atomic E-state index is 12.6. The van der Waals surface area contributed by atoms with Crippen LogP contribution in [-0.4, -0.2) is 11.1 Å². The largest absolute Gasteiger partial charge is 0.374 e. The van der Waals surface area contributed by atoms with Crippen LogP contribution in [0.4, 0.5) is 5.69 Å². The molecule has 3 rings (SSSR count). The number of carbonyl (C=O) groups is 1. The summed E-state index contributed by atoms with van der Waals surface area (Å²) in [4.78, 5) is 18.0. The van der Waals surface area contributed by atoms with Gasteiger partial charge in [0.15, 0.2) is 5.76 Å². The number of amides is 1. The number of anilines is 1. The van der Waals surface area contributed by atoms with Crippen LogP contribution in [0.15, 0.2) is 65.3 Å². The van der Waals surface area contributed by atoms with E-state index in [1.807, 2.05) is 18.2 Å². The lowest BCUT2D eigenvalue weighted by molar-refractivity contribution is 0.0234. The van der Waals surface area contributed by atoms with Gasteiger partial charge in [-0.3, -0.25) is 9.63 Å². The van der Waals surface area contributed by atoms with E-state index in [1.165, 1.54) is 0 Å². The highest BCUT2D eigenvalue weighted by Gasteiger charge is 2.18. The number of hydroxylamine groups is 1. The number of aromatic nitrogens is 1. The van der Waals surface area contributed by atoms with E-state index in [0.29, 0.717) is 16.8 Å². The zero-order valence-electron chi connectivity index (χ0n) is 16.1. The van der Waals surface area contributed by atoms with Gasteiger partial charge in [-0.15, -0.1) is 0 Å². The minimum absolute atomic E-state index is 0.0870. The first-order valence-corrected chi connectivity index (χ1v) is 9.38. The Morgan fingerprint density at radius 1 is 1.21 bits per heavy atom. The van der Waals surface area contributed by atoms with E-state index in [-0.39, 0.29) is 18.6 Å². The molecule has 0 saturated heterocycles. The first-order valence-electron chi connectivity index (χ1n) is 9.38. The van der Waals surface area contributed by atoms with Gasteiger partial charge in [-0.2, -0.15) is 5.26 Å².